The number of methoxy groups -OCH3 is 1. The first-order valence-corrected chi connectivity index (χ1v) is 11.5. The second-order valence-corrected chi connectivity index (χ2v) is 9.24. The Morgan fingerprint density at radius 1 is 1.09 bits per heavy atom. The molecule has 1 aromatic carbocycles. The molecule has 2 saturated carbocycles. The van der Waals surface area contributed by atoms with E-state index in [4.69, 9.17) is 4.74 Å². The van der Waals surface area contributed by atoms with E-state index in [-0.39, 0.29) is 29.4 Å². The summed E-state index contributed by atoms with van der Waals surface area (Å²) < 4.78 is 33.9. The Morgan fingerprint density at radius 3 is 2.68 bits per heavy atom. The van der Waals surface area contributed by atoms with Crippen molar-refractivity contribution in [2.24, 2.45) is 11.8 Å². The average molecular weight is 468 g/mol. The SMILES string of the molecule is COc1cc(-c2ccc(-c3ncc(N(C)[C@H]4C[C@@H]5CCC[C@@H](C5)[C@H]4F)nn3)c(O)c2)cc(F)n1. The molecular weight excluding hydrogens is 440 g/mol. The lowest BCUT2D eigenvalue weighted by Crippen LogP contribution is -2.49. The quantitative estimate of drug-likeness (QED) is 0.539. The predicted octanol–water partition coefficient (Wildman–Crippen LogP) is 4.81. The summed E-state index contributed by atoms with van der Waals surface area (Å²) in [5, 5.41) is 19.1. The van der Waals surface area contributed by atoms with Crippen molar-refractivity contribution in [3.05, 3.63) is 42.5 Å². The van der Waals surface area contributed by atoms with Gasteiger partial charge in [0.1, 0.15) is 11.9 Å². The van der Waals surface area contributed by atoms with Gasteiger partial charge in [-0.25, -0.2) is 9.37 Å². The number of aromatic nitrogens is 4. The molecule has 34 heavy (non-hydrogen) atoms. The number of nitrogens with zero attached hydrogens (tertiary/aromatic N) is 5. The maximum Gasteiger partial charge on any atom is 0.216 e. The largest absolute Gasteiger partial charge is 0.507 e. The van der Waals surface area contributed by atoms with Crippen molar-refractivity contribution in [1.29, 1.82) is 0 Å². The molecule has 0 saturated heterocycles. The molecule has 2 fully saturated rings. The molecule has 2 aliphatic carbocycles. The van der Waals surface area contributed by atoms with Crippen LogP contribution in [-0.2, 0) is 0 Å². The minimum Gasteiger partial charge on any atom is -0.507 e. The van der Waals surface area contributed by atoms with Gasteiger partial charge in [-0.1, -0.05) is 18.9 Å². The highest BCUT2D eigenvalue weighted by atomic mass is 19.1. The van der Waals surface area contributed by atoms with Crippen LogP contribution >= 0.6 is 0 Å². The number of aromatic hydroxyl groups is 1. The predicted molar refractivity (Wildman–Crippen MR) is 124 cm³/mol. The van der Waals surface area contributed by atoms with E-state index in [1.165, 1.54) is 25.7 Å². The van der Waals surface area contributed by atoms with Crippen LogP contribution in [0.5, 0.6) is 11.6 Å². The van der Waals surface area contributed by atoms with Gasteiger partial charge in [-0.2, -0.15) is 9.37 Å². The number of rotatable bonds is 5. The second kappa shape index (κ2) is 9.12. The molecule has 5 rings (SSSR count). The van der Waals surface area contributed by atoms with E-state index >= 15 is 4.39 Å². The Labute approximate surface area is 196 Å². The summed E-state index contributed by atoms with van der Waals surface area (Å²) >= 11 is 0. The van der Waals surface area contributed by atoms with Crippen LogP contribution in [0.3, 0.4) is 0 Å². The zero-order valence-electron chi connectivity index (χ0n) is 19.2. The Kier molecular flexibility index (Phi) is 6.02. The maximum absolute atomic E-state index is 15.1. The molecule has 1 N–H and O–H groups in total. The minimum absolute atomic E-state index is 0.0690. The van der Waals surface area contributed by atoms with Crippen molar-refractivity contribution in [1.82, 2.24) is 20.2 Å². The molecule has 0 spiro atoms. The van der Waals surface area contributed by atoms with Gasteiger partial charge in [0.2, 0.25) is 11.8 Å². The minimum atomic E-state index is -0.878. The lowest BCUT2D eigenvalue weighted by Gasteiger charge is -2.45. The number of halogens is 2. The molecule has 0 unspecified atom stereocenters. The van der Waals surface area contributed by atoms with Crippen molar-refractivity contribution < 1.29 is 18.6 Å². The van der Waals surface area contributed by atoms with Gasteiger partial charge in [0.15, 0.2) is 11.6 Å². The van der Waals surface area contributed by atoms with Gasteiger partial charge < -0.3 is 14.7 Å². The average Bonchev–Trinajstić information content (AvgIpc) is 2.85. The highest BCUT2D eigenvalue weighted by molar-refractivity contribution is 5.73. The zero-order valence-corrected chi connectivity index (χ0v) is 19.2. The highest BCUT2D eigenvalue weighted by Gasteiger charge is 2.42. The van der Waals surface area contributed by atoms with E-state index < -0.39 is 12.1 Å². The summed E-state index contributed by atoms with van der Waals surface area (Å²) in [5.41, 5.74) is 1.49. The number of phenols is 1. The van der Waals surface area contributed by atoms with Gasteiger partial charge in [-0.15, -0.1) is 10.2 Å². The summed E-state index contributed by atoms with van der Waals surface area (Å²) in [6.45, 7) is 0. The van der Waals surface area contributed by atoms with Crippen molar-refractivity contribution in [3.63, 3.8) is 0 Å². The Morgan fingerprint density at radius 2 is 1.94 bits per heavy atom. The zero-order chi connectivity index (χ0) is 23.8. The third-order valence-electron chi connectivity index (χ3n) is 7.18. The number of ether oxygens (including phenoxy) is 1. The number of benzene rings is 1. The molecule has 7 nitrogen and oxygen atoms in total. The fourth-order valence-corrected chi connectivity index (χ4v) is 5.36. The summed E-state index contributed by atoms with van der Waals surface area (Å²) in [6, 6.07) is 7.49. The number of hydrogen-bond donors (Lipinski definition) is 1. The molecule has 0 aliphatic heterocycles. The summed E-state index contributed by atoms with van der Waals surface area (Å²) in [4.78, 5) is 9.87. The van der Waals surface area contributed by atoms with Crippen LogP contribution in [0.1, 0.15) is 32.1 Å². The normalized spacial score (nSPS) is 24.0. The number of hydrogen-bond acceptors (Lipinski definition) is 7. The maximum atomic E-state index is 15.1. The number of alkyl halides is 1. The van der Waals surface area contributed by atoms with Gasteiger partial charge >= 0.3 is 0 Å². The van der Waals surface area contributed by atoms with Crippen molar-refractivity contribution in [3.8, 4) is 34.1 Å². The first-order valence-electron chi connectivity index (χ1n) is 11.5. The van der Waals surface area contributed by atoms with Gasteiger partial charge in [0, 0.05) is 19.2 Å². The molecule has 0 amide bonds. The third-order valence-corrected chi connectivity index (χ3v) is 7.18. The Bertz CT molecular complexity index is 1180. The molecule has 9 heteroatoms. The van der Waals surface area contributed by atoms with Crippen LogP contribution < -0.4 is 9.64 Å². The standard InChI is InChI=1S/C25H27F2N5O2/c1-32(19-9-14-4-3-5-16(8-14)24(19)27)22-13-28-25(31-30-22)18-7-6-15(10-20(18)33)17-11-21(26)29-23(12-17)34-2/h6-7,10-14,16,19,24,33H,3-5,8-9H2,1-2H3/t14-,16+,19+,24-/m1/s1. The van der Waals surface area contributed by atoms with Crippen LogP contribution in [0.2, 0.25) is 0 Å². The topological polar surface area (TPSA) is 84.3 Å². The second-order valence-electron chi connectivity index (χ2n) is 9.24. The highest BCUT2D eigenvalue weighted by Crippen LogP contribution is 2.43. The fraction of sp³-hybridized carbons (Fsp3) is 0.440. The Balaban J connectivity index is 1.36. The molecule has 0 radical (unpaired) electrons. The van der Waals surface area contributed by atoms with Crippen LogP contribution in [-0.4, -0.2) is 51.6 Å². The molecule has 178 valence electrons. The van der Waals surface area contributed by atoms with Gasteiger partial charge in [-0.3, -0.25) is 0 Å². The summed E-state index contributed by atoms with van der Waals surface area (Å²) in [6.07, 6.45) is 5.74. The van der Waals surface area contributed by atoms with E-state index in [0.29, 0.717) is 28.4 Å². The summed E-state index contributed by atoms with van der Waals surface area (Å²) in [5.74, 6) is 0.849. The van der Waals surface area contributed by atoms with Crippen LogP contribution in [0.15, 0.2) is 36.5 Å². The number of fused-ring (bicyclic) bond motifs is 2. The van der Waals surface area contributed by atoms with E-state index in [0.717, 1.165) is 25.7 Å². The monoisotopic (exact) mass is 467 g/mol. The van der Waals surface area contributed by atoms with Crippen LogP contribution in [0.25, 0.3) is 22.5 Å². The fourth-order valence-electron chi connectivity index (χ4n) is 5.36. The summed E-state index contributed by atoms with van der Waals surface area (Å²) in [7, 11) is 3.25. The molecule has 4 atom stereocenters. The molecule has 2 heterocycles. The third kappa shape index (κ3) is 4.26. The number of phenolic OH excluding ortho intramolecular Hbond substituents is 1. The van der Waals surface area contributed by atoms with E-state index in [9.17, 15) is 9.50 Å². The molecule has 3 aromatic rings. The van der Waals surface area contributed by atoms with Gasteiger partial charge in [0.25, 0.3) is 0 Å². The van der Waals surface area contributed by atoms with Gasteiger partial charge in [-0.05, 0) is 54.4 Å². The number of pyridine rings is 1. The lowest BCUT2D eigenvalue weighted by atomic mass is 9.69. The van der Waals surface area contributed by atoms with Gasteiger partial charge in [0.05, 0.1) is 24.9 Å². The van der Waals surface area contributed by atoms with Crippen molar-refractivity contribution in [2.75, 3.05) is 19.1 Å². The number of anilines is 1. The molecule has 2 bridgehead atoms. The smallest absolute Gasteiger partial charge is 0.216 e. The lowest BCUT2D eigenvalue weighted by molar-refractivity contribution is 0.0656. The van der Waals surface area contributed by atoms with Crippen molar-refractivity contribution in [2.45, 2.75) is 44.3 Å². The van der Waals surface area contributed by atoms with E-state index in [1.54, 1.807) is 24.4 Å². The first-order chi connectivity index (χ1) is 16.4. The molecular formula is C25H27F2N5O2. The Hall–Kier alpha value is -3.36. The molecule has 2 aromatic heterocycles. The van der Waals surface area contributed by atoms with Crippen molar-refractivity contribution >= 4 is 5.82 Å². The van der Waals surface area contributed by atoms with E-state index in [2.05, 4.69) is 20.2 Å². The first kappa shape index (κ1) is 22.4. The van der Waals surface area contributed by atoms with Crippen LogP contribution in [0, 0.1) is 17.8 Å². The molecule has 2 aliphatic rings. The van der Waals surface area contributed by atoms with Crippen LogP contribution in [0.4, 0.5) is 14.6 Å². The van der Waals surface area contributed by atoms with E-state index in [1.807, 2.05) is 11.9 Å².